The van der Waals surface area contributed by atoms with Crippen LogP contribution in [-0.2, 0) is 11.2 Å². The van der Waals surface area contributed by atoms with Crippen LogP contribution < -0.4 is 0 Å². The zero-order chi connectivity index (χ0) is 12.1. The van der Waals surface area contributed by atoms with E-state index in [0.29, 0.717) is 12.2 Å². The maximum absolute atomic E-state index is 12.2. The maximum atomic E-state index is 12.2. The number of hydrogen-bond acceptors (Lipinski definition) is 2. The predicted octanol–water partition coefficient (Wildman–Crippen LogP) is 4.30. The number of Topliss-reactive ketones (excluding diaryl/α,β-unsaturated/α-hetero) is 1. The van der Waals surface area contributed by atoms with Gasteiger partial charge in [-0.25, -0.2) is 0 Å². The van der Waals surface area contributed by atoms with Crippen molar-refractivity contribution in [3.63, 3.8) is 0 Å². The molecule has 0 spiro atoms. The van der Waals surface area contributed by atoms with Crippen LogP contribution in [0.15, 0.2) is 15.9 Å². The average molecular weight is 301 g/mol. The molecule has 0 radical (unpaired) electrons. The van der Waals surface area contributed by atoms with E-state index in [-0.39, 0.29) is 16.7 Å². The van der Waals surface area contributed by atoms with Gasteiger partial charge in [-0.1, -0.05) is 27.7 Å². The van der Waals surface area contributed by atoms with E-state index in [2.05, 4.69) is 43.6 Å². The van der Waals surface area contributed by atoms with Gasteiger partial charge in [0.05, 0.1) is 0 Å². The normalized spacial score (nSPS) is 22.1. The molecule has 16 heavy (non-hydrogen) atoms. The van der Waals surface area contributed by atoms with E-state index >= 15 is 0 Å². The molecule has 1 aromatic rings. The first kappa shape index (κ1) is 12.3. The summed E-state index contributed by atoms with van der Waals surface area (Å²) in [4.78, 5) is 13.4. The Morgan fingerprint density at radius 1 is 1.38 bits per heavy atom. The third-order valence-electron chi connectivity index (χ3n) is 4.31. The van der Waals surface area contributed by atoms with Gasteiger partial charge in [-0.3, -0.25) is 4.79 Å². The van der Waals surface area contributed by atoms with Gasteiger partial charge in [0, 0.05) is 27.1 Å². The third kappa shape index (κ3) is 1.78. The molecule has 0 saturated heterocycles. The van der Waals surface area contributed by atoms with Gasteiger partial charge in [-0.15, -0.1) is 11.3 Å². The fourth-order valence-corrected chi connectivity index (χ4v) is 4.18. The van der Waals surface area contributed by atoms with E-state index in [1.165, 1.54) is 0 Å². The van der Waals surface area contributed by atoms with E-state index in [1.54, 1.807) is 11.3 Å². The number of ketones is 1. The van der Waals surface area contributed by atoms with Crippen molar-refractivity contribution in [1.29, 1.82) is 0 Å². The molecule has 0 N–H and O–H groups in total. The number of carbonyl (C=O) groups is 1. The van der Waals surface area contributed by atoms with Crippen molar-refractivity contribution in [1.82, 2.24) is 0 Å². The van der Waals surface area contributed by atoms with Gasteiger partial charge in [0.25, 0.3) is 0 Å². The van der Waals surface area contributed by atoms with Crippen LogP contribution in [0.1, 0.15) is 32.6 Å². The van der Waals surface area contributed by atoms with E-state index in [9.17, 15) is 4.79 Å². The average Bonchev–Trinajstić information content (AvgIpc) is 2.44. The number of hydrogen-bond donors (Lipinski definition) is 0. The second kappa shape index (κ2) is 3.67. The van der Waals surface area contributed by atoms with Crippen molar-refractivity contribution in [2.75, 3.05) is 0 Å². The molecule has 3 heteroatoms. The van der Waals surface area contributed by atoms with Crippen LogP contribution in [0.25, 0.3) is 0 Å². The lowest BCUT2D eigenvalue weighted by Gasteiger charge is -2.03. The summed E-state index contributed by atoms with van der Waals surface area (Å²) in [6, 6.07) is 2.05. The number of carbonyl (C=O) groups excluding carboxylic acids is 1. The first-order chi connectivity index (χ1) is 7.26. The van der Waals surface area contributed by atoms with Gasteiger partial charge in [-0.2, -0.15) is 0 Å². The molecule has 0 aliphatic heterocycles. The van der Waals surface area contributed by atoms with E-state index in [0.717, 1.165) is 9.35 Å². The smallest absolute Gasteiger partial charge is 0.142 e. The highest BCUT2D eigenvalue weighted by atomic mass is 79.9. The lowest BCUT2D eigenvalue weighted by Crippen LogP contribution is -2.09. The summed E-state index contributed by atoms with van der Waals surface area (Å²) in [5.74, 6) is 0.616. The molecule has 1 nitrogen and oxygen atoms in total. The molecule has 1 fully saturated rings. The van der Waals surface area contributed by atoms with Crippen LogP contribution in [0, 0.1) is 16.7 Å². The van der Waals surface area contributed by atoms with Crippen molar-refractivity contribution >= 4 is 33.0 Å². The molecule has 1 aliphatic carbocycles. The minimum absolute atomic E-state index is 0.165. The Morgan fingerprint density at radius 2 is 1.94 bits per heavy atom. The van der Waals surface area contributed by atoms with Crippen molar-refractivity contribution in [2.24, 2.45) is 16.7 Å². The highest BCUT2D eigenvalue weighted by Crippen LogP contribution is 2.68. The molecule has 1 heterocycles. The Bertz CT molecular complexity index is 417. The highest BCUT2D eigenvalue weighted by molar-refractivity contribution is 9.10. The molecular weight excluding hydrogens is 284 g/mol. The lowest BCUT2D eigenvalue weighted by atomic mass is 10.0. The molecule has 0 atom stereocenters. The number of rotatable bonds is 3. The Balaban J connectivity index is 2.06. The summed E-state index contributed by atoms with van der Waals surface area (Å²) in [5.41, 5.74) is 0.331. The van der Waals surface area contributed by atoms with Crippen LogP contribution in [0.5, 0.6) is 0 Å². The Labute approximate surface area is 109 Å². The van der Waals surface area contributed by atoms with Crippen molar-refractivity contribution < 1.29 is 4.79 Å². The second-order valence-electron chi connectivity index (χ2n) is 5.75. The third-order valence-corrected chi connectivity index (χ3v) is 6.01. The molecule has 0 amide bonds. The fraction of sp³-hybridized carbons (Fsp3) is 0.615. The topological polar surface area (TPSA) is 17.1 Å². The first-order valence-corrected chi connectivity index (χ1v) is 7.19. The predicted molar refractivity (Wildman–Crippen MR) is 71.8 cm³/mol. The monoisotopic (exact) mass is 300 g/mol. The minimum atomic E-state index is 0.165. The maximum Gasteiger partial charge on any atom is 0.142 e. The fourth-order valence-electron chi connectivity index (χ4n) is 2.72. The SMILES string of the molecule is CC1(C)C(C(=O)Cc2cc(Br)cs2)C1(C)C. The molecule has 1 aromatic heterocycles. The standard InChI is InChI=1S/C13H17BrOS/c1-12(2)11(13(12,3)4)10(15)6-9-5-8(14)7-16-9/h5,7,11H,6H2,1-4H3. The summed E-state index contributed by atoms with van der Waals surface area (Å²) in [6.45, 7) is 8.78. The van der Waals surface area contributed by atoms with Crippen LogP contribution in [-0.4, -0.2) is 5.78 Å². The molecule has 1 saturated carbocycles. The zero-order valence-electron chi connectivity index (χ0n) is 10.1. The summed E-state index contributed by atoms with van der Waals surface area (Å²) >= 11 is 5.07. The Kier molecular flexibility index (Phi) is 2.83. The summed E-state index contributed by atoms with van der Waals surface area (Å²) in [7, 11) is 0. The molecule has 0 bridgehead atoms. The molecule has 0 unspecified atom stereocenters. The quantitative estimate of drug-likeness (QED) is 0.813. The summed E-state index contributed by atoms with van der Waals surface area (Å²) in [6.07, 6.45) is 0.591. The second-order valence-corrected chi connectivity index (χ2v) is 7.66. The Morgan fingerprint density at radius 3 is 2.31 bits per heavy atom. The van der Waals surface area contributed by atoms with E-state index < -0.39 is 0 Å². The zero-order valence-corrected chi connectivity index (χ0v) is 12.5. The van der Waals surface area contributed by atoms with Crippen molar-refractivity contribution in [3.05, 3.63) is 20.8 Å². The summed E-state index contributed by atoms with van der Waals surface area (Å²) in [5, 5.41) is 2.03. The first-order valence-electron chi connectivity index (χ1n) is 5.52. The van der Waals surface area contributed by atoms with Crippen LogP contribution in [0.4, 0.5) is 0 Å². The molecule has 1 aliphatic rings. The minimum Gasteiger partial charge on any atom is -0.299 e. The van der Waals surface area contributed by atoms with E-state index in [1.807, 2.05) is 11.4 Å². The largest absolute Gasteiger partial charge is 0.299 e. The molecule has 88 valence electrons. The molecule has 0 aromatic carbocycles. The van der Waals surface area contributed by atoms with Gasteiger partial charge in [0.15, 0.2) is 0 Å². The Hall–Kier alpha value is -0.150. The van der Waals surface area contributed by atoms with Crippen LogP contribution >= 0.6 is 27.3 Å². The van der Waals surface area contributed by atoms with Crippen LogP contribution in [0.2, 0.25) is 0 Å². The lowest BCUT2D eigenvalue weighted by molar-refractivity contribution is -0.120. The van der Waals surface area contributed by atoms with Gasteiger partial charge < -0.3 is 0 Å². The number of halogens is 1. The summed E-state index contributed by atoms with van der Waals surface area (Å²) < 4.78 is 1.08. The van der Waals surface area contributed by atoms with Crippen LogP contribution in [0.3, 0.4) is 0 Å². The molecule has 2 rings (SSSR count). The van der Waals surface area contributed by atoms with Gasteiger partial charge in [0.1, 0.15) is 5.78 Å². The van der Waals surface area contributed by atoms with Gasteiger partial charge in [0.2, 0.25) is 0 Å². The van der Waals surface area contributed by atoms with Gasteiger partial charge in [-0.05, 0) is 32.8 Å². The van der Waals surface area contributed by atoms with Gasteiger partial charge >= 0.3 is 0 Å². The highest BCUT2D eigenvalue weighted by Gasteiger charge is 2.67. The van der Waals surface area contributed by atoms with Crippen molar-refractivity contribution in [3.8, 4) is 0 Å². The number of thiophene rings is 1. The molecular formula is C13H17BrOS. The van der Waals surface area contributed by atoms with Crippen molar-refractivity contribution in [2.45, 2.75) is 34.1 Å². The van der Waals surface area contributed by atoms with E-state index in [4.69, 9.17) is 0 Å².